The summed E-state index contributed by atoms with van der Waals surface area (Å²) in [6.45, 7) is 9.00. The van der Waals surface area contributed by atoms with Crippen LogP contribution in [0.3, 0.4) is 0 Å². The van der Waals surface area contributed by atoms with Crippen molar-refractivity contribution in [3.63, 3.8) is 0 Å². The molecule has 2 N–H and O–H groups in total. The molecule has 0 fully saturated rings. The van der Waals surface area contributed by atoms with Crippen LogP contribution < -0.4 is 10.0 Å². The third-order valence-corrected chi connectivity index (χ3v) is 6.42. The zero-order valence-electron chi connectivity index (χ0n) is 18.3. The van der Waals surface area contributed by atoms with Crippen LogP contribution in [0.25, 0.3) is 0 Å². The van der Waals surface area contributed by atoms with E-state index in [1.807, 2.05) is 18.5 Å². The smallest absolute Gasteiger partial charge is 0.159 e. The molecule has 5 nitrogen and oxygen atoms in total. The maximum Gasteiger partial charge on any atom is 0.159 e. The van der Waals surface area contributed by atoms with Gasteiger partial charge in [0, 0.05) is 47.6 Å². The number of aryl methyl sites for hydroxylation is 1. The maximum atomic E-state index is 14.6. The zero-order chi connectivity index (χ0) is 22.6. The minimum absolute atomic E-state index is 0.0409. The molecule has 2 aromatic heterocycles. The van der Waals surface area contributed by atoms with Gasteiger partial charge in [-0.1, -0.05) is 12.1 Å². The van der Waals surface area contributed by atoms with Gasteiger partial charge in [-0.15, -0.1) is 11.3 Å². The third-order valence-electron chi connectivity index (χ3n) is 5.04. The van der Waals surface area contributed by atoms with Gasteiger partial charge in [-0.3, -0.25) is 4.90 Å². The number of nitrogens with one attached hydrogen (secondary N) is 2. The van der Waals surface area contributed by atoms with Gasteiger partial charge in [-0.2, -0.15) is 0 Å². The molecule has 0 aliphatic heterocycles. The van der Waals surface area contributed by atoms with E-state index in [0.29, 0.717) is 29.3 Å². The average molecular weight is 464 g/mol. The molecule has 0 bridgehead atoms. The van der Waals surface area contributed by atoms with Gasteiger partial charge in [-0.05, 0) is 46.4 Å². The summed E-state index contributed by atoms with van der Waals surface area (Å²) in [6, 6.07) is 6.50. The van der Waals surface area contributed by atoms with Gasteiger partial charge in [0.15, 0.2) is 10.8 Å². The summed E-state index contributed by atoms with van der Waals surface area (Å²) in [5.74, 6) is -0.0801. The molecule has 0 spiro atoms. The van der Waals surface area contributed by atoms with Crippen LogP contribution in [0.1, 0.15) is 37.6 Å². The number of thiazole rings is 1. The van der Waals surface area contributed by atoms with Crippen LogP contribution in [-0.2, 0) is 13.1 Å². The van der Waals surface area contributed by atoms with Gasteiger partial charge >= 0.3 is 0 Å². The Labute approximate surface area is 190 Å². The molecule has 0 aliphatic rings. The first-order valence-electron chi connectivity index (χ1n) is 9.84. The fourth-order valence-corrected chi connectivity index (χ4v) is 4.01. The van der Waals surface area contributed by atoms with Crippen LogP contribution in [0.4, 0.5) is 20.3 Å². The van der Waals surface area contributed by atoms with Crippen molar-refractivity contribution in [1.82, 2.24) is 14.9 Å². The molecule has 0 saturated heterocycles. The van der Waals surface area contributed by atoms with Gasteiger partial charge in [0.1, 0.15) is 11.6 Å². The summed E-state index contributed by atoms with van der Waals surface area (Å²) in [7, 11) is 2.02. The second kappa shape index (κ2) is 9.93. The molecule has 0 radical (unpaired) electrons. The number of rotatable bonds is 8. The molecular formula is C22H27F2N5S2. The van der Waals surface area contributed by atoms with Crippen LogP contribution >= 0.6 is 23.3 Å². The number of benzene rings is 1. The Hall–Kier alpha value is -2.23. The lowest BCUT2D eigenvalue weighted by molar-refractivity contribution is 0.167. The quantitative estimate of drug-likeness (QED) is 0.395. The standard InChI is InChI=1S/C22H27F2N5S2/c1-14-19(9-18(24)21(27-14)31-28-20-12-30-13-26-20)25-10-16-15(7-6-8-17(16)23)11-29(5)22(2,3)4/h6-9,12-13,25,28H,10-11H2,1-5H3. The molecular weight excluding hydrogens is 436 g/mol. The van der Waals surface area contributed by atoms with Gasteiger partial charge in [-0.25, -0.2) is 18.7 Å². The van der Waals surface area contributed by atoms with Gasteiger partial charge < -0.3 is 10.0 Å². The van der Waals surface area contributed by atoms with E-state index < -0.39 is 5.82 Å². The van der Waals surface area contributed by atoms with E-state index in [0.717, 1.165) is 17.5 Å². The van der Waals surface area contributed by atoms with Crippen molar-refractivity contribution in [2.24, 2.45) is 0 Å². The first-order valence-corrected chi connectivity index (χ1v) is 11.6. The molecule has 2 heterocycles. The molecule has 0 unspecified atom stereocenters. The topological polar surface area (TPSA) is 53.1 Å². The minimum atomic E-state index is -0.456. The molecule has 166 valence electrons. The third kappa shape index (κ3) is 6.15. The highest BCUT2D eigenvalue weighted by Gasteiger charge is 2.19. The van der Waals surface area contributed by atoms with Crippen LogP contribution in [0, 0.1) is 18.6 Å². The van der Waals surface area contributed by atoms with Crippen molar-refractivity contribution in [3.05, 3.63) is 63.6 Å². The number of halogens is 2. The molecule has 0 atom stereocenters. The number of aromatic nitrogens is 2. The minimum Gasteiger partial charge on any atom is -0.379 e. The highest BCUT2D eigenvalue weighted by molar-refractivity contribution is 8.00. The van der Waals surface area contributed by atoms with Gasteiger partial charge in [0.2, 0.25) is 0 Å². The van der Waals surface area contributed by atoms with Gasteiger partial charge in [0.05, 0.1) is 16.9 Å². The Bertz CT molecular complexity index is 1020. The van der Waals surface area contributed by atoms with Gasteiger partial charge in [0.25, 0.3) is 0 Å². The zero-order valence-corrected chi connectivity index (χ0v) is 19.9. The molecule has 9 heteroatoms. The summed E-state index contributed by atoms with van der Waals surface area (Å²) >= 11 is 2.52. The first-order chi connectivity index (χ1) is 14.6. The van der Waals surface area contributed by atoms with E-state index in [4.69, 9.17) is 0 Å². The normalized spacial score (nSPS) is 11.7. The van der Waals surface area contributed by atoms with Crippen LogP contribution in [0.2, 0.25) is 0 Å². The summed E-state index contributed by atoms with van der Waals surface area (Å²) in [6.07, 6.45) is 0. The second-order valence-corrected chi connectivity index (χ2v) is 9.76. The molecule has 3 rings (SSSR count). The highest BCUT2D eigenvalue weighted by Crippen LogP contribution is 2.27. The molecule has 0 saturated carbocycles. The maximum absolute atomic E-state index is 14.6. The van der Waals surface area contributed by atoms with E-state index in [1.54, 1.807) is 18.5 Å². The van der Waals surface area contributed by atoms with Crippen LogP contribution in [-0.4, -0.2) is 27.5 Å². The lowest BCUT2D eigenvalue weighted by Crippen LogP contribution is -2.37. The van der Waals surface area contributed by atoms with Crippen molar-refractivity contribution >= 4 is 34.8 Å². The SMILES string of the molecule is Cc1nc(SNc2cscn2)c(F)cc1NCc1c(F)cccc1CN(C)C(C)(C)C. The fraction of sp³-hybridized carbons (Fsp3) is 0.364. The number of nitrogens with zero attached hydrogens (tertiary/aromatic N) is 3. The first kappa shape index (κ1) is 23.4. The van der Waals surface area contributed by atoms with E-state index in [9.17, 15) is 8.78 Å². The molecule has 3 aromatic rings. The van der Waals surface area contributed by atoms with Crippen molar-refractivity contribution < 1.29 is 8.78 Å². The predicted octanol–water partition coefficient (Wildman–Crippen LogP) is 6.09. The van der Waals surface area contributed by atoms with E-state index in [1.165, 1.54) is 23.5 Å². The van der Waals surface area contributed by atoms with Crippen molar-refractivity contribution in [2.75, 3.05) is 17.1 Å². The molecule has 0 amide bonds. The Balaban J connectivity index is 1.73. The van der Waals surface area contributed by atoms with E-state index in [2.05, 4.69) is 45.7 Å². The highest BCUT2D eigenvalue weighted by atomic mass is 32.2. The van der Waals surface area contributed by atoms with Crippen molar-refractivity contribution in [2.45, 2.75) is 51.3 Å². The summed E-state index contributed by atoms with van der Waals surface area (Å²) in [4.78, 5) is 10.6. The summed E-state index contributed by atoms with van der Waals surface area (Å²) in [5.41, 5.74) is 4.29. The van der Waals surface area contributed by atoms with Crippen molar-refractivity contribution in [3.8, 4) is 0 Å². The number of hydrogen-bond acceptors (Lipinski definition) is 7. The Morgan fingerprint density at radius 1 is 1.19 bits per heavy atom. The fourth-order valence-electron chi connectivity index (χ4n) is 2.80. The molecule has 0 aliphatic carbocycles. The lowest BCUT2D eigenvalue weighted by Gasteiger charge is -2.32. The largest absolute Gasteiger partial charge is 0.379 e. The van der Waals surface area contributed by atoms with Crippen LogP contribution in [0.15, 0.2) is 40.2 Å². The Morgan fingerprint density at radius 3 is 2.65 bits per heavy atom. The lowest BCUT2D eigenvalue weighted by atomic mass is 10.0. The Kier molecular flexibility index (Phi) is 7.51. The number of hydrogen-bond donors (Lipinski definition) is 2. The Morgan fingerprint density at radius 2 is 1.97 bits per heavy atom. The number of anilines is 2. The van der Waals surface area contributed by atoms with Crippen molar-refractivity contribution in [1.29, 1.82) is 0 Å². The van der Waals surface area contributed by atoms with E-state index in [-0.39, 0.29) is 22.9 Å². The summed E-state index contributed by atoms with van der Waals surface area (Å²) < 4.78 is 32.2. The monoisotopic (exact) mass is 463 g/mol. The average Bonchev–Trinajstić information content (AvgIpc) is 3.21. The number of pyridine rings is 1. The molecule has 1 aromatic carbocycles. The predicted molar refractivity (Wildman–Crippen MR) is 125 cm³/mol. The van der Waals surface area contributed by atoms with E-state index >= 15 is 0 Å². The summed E-state index contributed by atoms with van der Waals surface area (Å²) in [5, 5.41) is 5.22. The molecule has 31 heavy (non-hydrogen) atoms. The second-order valence-electron chi connectivity index (χ2n) is 8.24. The van der Waals surface area contributed by atoms with Crippen LogP contribution in [0.5, 0.6) is 0 Å².